The number of piperidine rings is 1. The molecule has 2 atom stereocenters. The van der Waals surface area contributed by atoms with E-state index in [1.807, 2.05) is 38.1 Å². The van der Waals surface area contributed by atoms with Gasteiger partial charge in [-0.25, -0.2) is 0 Å². The van der Waals surface area contributed by atoms with Crippen molar-refractivity contribution in [2.75, 3.05) is 13.1 Å². The first kappa shape index (κ1) is 17.0. The fraction of sp³-hybridized carbons (Fsp3) is 0.444. The van der Waals surface area contributed by atoms with Gasteiger partial charge in [0, 0.05) is 24.3 Å². The number of carbonyl (C=O) groups is 1. The standard InChI is InChI=1S/C18H22ClN3O2/c1-12-6-7-21(11-17(12)23)18(24)16-10-22(20-13(16)2)9-14-4-3-5-15(19)8-14/h3-5,8,10,12,17,23H,6-7,9,11H2,1-2H3. The third kappa shape index (κ3) is 3.62. The van der Waals surface area contributed by atoms with Crippen LogP contribution in [0.3, 0.4) is 0 Å². The van der Waals surface area contributed by atoms with Crippen LogP contribution in [0.25, 0.3) is 0 Å². The number of aliphatic hydroxyl groups is 1. The third-order valence-electron chi connectivity index (χ3n) is 4.62. The molecule has 2 aromatic rings. The molecular formula is C18H22ClN3O2. The van der Waals surface area contributed by atoms with Crippen LogP contribution in [0.1, 0.15) is 35.0 Å². The van der Waals surface area contributed by atoms with Crippen LogP contribution >= 0.6 is 11.6 Å². The van der Waals surface area contributed by atoms with Crippen LogP contribution < -0.4 is 0 Å². The minimum absolute atomic E-state index is 0.0594. The molecular weight excluding hydrogens is 326 g/mol. The zero-order valence-electron chi connectivity index (χ0n) is 13.9. The maximum atomic E-state index is 12.7. The monoisotopic (exact) mass is 347 g/mol. The van der Waals surface area contributed by atoms with Gasteiger partial charge >= 0.3 is 0 Å². The number of β-amino-alcohol motifs (C(OH)–C–C–N with tert-alkyl or cyclic N) is 1. The fourth-order valence-electron chi connectivity index (χ4n) is 3.03. The van der Waals surface area contributed by atoms with E-state index in [-0.39, 0.29) is 11.8 Å². The van der Waals surface area contributed by atoms with E-state index in [0.717, 1.165) is 12.0 Å². The zero-order chi connectivity index (χ0) is 17.3. The minimum atomic E-state index is -0.454. The molecule has 1 amide bonds. The van der Waals surface area contributed by atoms with E-state index in [4.69, 9.17) is 11.6 Å². The first-order valence-corrected chi connectivity index (χ1v) is 8.57. The summed E-state index contributed by atoms with van der Waals surface area (Å²) in [5.41, 5.74) is 2.33. The summed E-state index contributed by atoms with van der Waals surface area (Å²) in [5, 5.41) is 15.1. The van der Waals surface area contributed by atoms with Crippen molar-refractivity contribution >= 4 is 17.5 Å². The Balaban J connectivity index is 1.75. The van der Waals surface area contributed by atoms with Crippen LogP contribution in [-0.4, -0.2) is 44.9 Å². The lowest BCUT2D eigenvalue weighted by Gasteiger charge is -2.34. The highest BCUT2D eigenvalue weighted by Gasteiger charge is 2.29. The molecule has 2 heterocycles. The highest BCUT2D eigenvalue weighted by molar-refractivity contribution is 6.30. The second kappa shape index (κ2) is 6.95. The summed E-state index contributed by atoms with van der Waals surface area (Å²) >= 11 is 6.01. The summed E-state index contributed by atoms with van der Waals surface area (Å²) in [5.74, 6) is 0.177. The average Bonchev–Trinajstić information content (AvgIpc) is 2.90. The Morgan fingerprint density at radius 2 is 2.25 bits per heavy atom. The molecule has 1 aromatic heterocycles. The van der Waals surface area contributed by atoms with Gasteiger partial charge < -0.3 is 10.0 Å². The molecule has 1 aliphatic rings. The summed E-state index contributed by atoms with van der Waals surface area (Å²) in [6, 6.07) is 7.60. The molecule has 5 nitrogen and oxygen atoms in total. The van der Waals surface area contributed by atoms with Crippen LogP contribution in [0.15, 0.2) is 30.5 Å². The molecule has 1 N–H and O–H groups in total. The number of benzene rings is 1. The molecule has 24 heavy (non-hydrogen) atoms. The number of aryl methyl sites for hydroxylation is 1. The molecule has 0 bridgehead atoms. The highest BCUT2D eigenvalue weighted by atomic mass is 35.5. The molecule has 0 saturated carbocycles. The molecule has 0 spiro atoms. The summed E-state index contributed by atoms with van der Waals surface area (Å²) in [7, 11) is 0. The Morgan fingerprint density at radius 1 is 1.46 bits per heavy atom. The van der Waals surface area contributed by atoms with Gasteiger partial charge in [-0.05, 0) is 37.0 Å². The molecule has 1 aliphatic heterocycles. The van der Waals surface area contributed by atoms with Gasteiger partial charge in [0.2, 0.25) is 0 Å². The Bertz CT molecular complexity index is 744. The molecule has 128 valence electrons. The van der Waals surface area contributed by atoms with E-state index in [1.54, 1.807) is 15.8 Å². The first-order chi connectivity index (χ1) is 11.4. The van der Waals surface area contributed by atoms with E-state index in [2.05, 4.69) is 5.10 Å². The number of hydrogen-bond donors (Lipinski definition) is 1. The Labute approximate surface area is 146 Å². The van der Waals surface area contributed by atoms with E-state index in [1.165, 1.54) is 0 Å². The minimum Gasteiger partial charge on any atom is -0.391 e. The second-order valence-corrected chi connectivity index (χ2v) is 6.98. The van der Waals surface area contributed by atoms with Crippen molar-refractivity contribution in [3.8, 4) is 0 Å². The number of nitrogens with zero attached hydrogens (tertiary/aromatic N) is 3. The molecule has 3 rings (SSSR count). The maximum Gasteiger partial charge on any atom is 0.257 e. The predicted octanol–water partition coefficient (Wildman–Crippen LogP) is 2.74. The van der Waals surface area contributed by atoms with Crippen molar-refractivity contribution in [2.45, 2.75) is 32.9 Å². The fourth-order valence-corrected chi connectivity index (χ4v) is 3.25. The number of halogens is 1. The zero-order valence-corrected chi connectivity index (χ0v) is 14.7. The Hall–Kier alpha value is -1.85. The summed E-state index contributed by atoms with van der Waals surface area (Å²) < 4.78 is 1.76. The molecule has 1 aromatic carbocycles. The molecule has 6 heteroatoms. The van der Waals surface area contributed by atoms with Gasteiger partial charge in [0.05, 0.1) is 23.9 Å². The largest absolute Gasteiger partial charge is 0.391 e. The van der Waals surface area contributed by atoms with Gasteiger partial charge in [0.15, 0.2) is 0 Å². The van der Waals surface area contributed by atoms with Crippen molar-refractivity contribution in [1.29, 1.82) is 0 Å². The average molecular weight is 348 g/mol. The molecule has 1 saturated heterocycles. The number of rotatable bonds is 3. The van der Waals surface area contributed by atoms with Crippen LogP contribution in [0.5, 0.6) is 0 Å². The number of hydrogen-bond acceptors (Lipinski definition) is 3. The smallest absolute Gasteiger partial charge is 0.257 e. The number of aromatic nitrogens is 2. The summed E-state index contributed by atoms with van der Waals surface area (Å²) in [4.78, 5) is 14.5. The van der Waals surface area contributed by atoms with Crippen LogP contribution in [0, 0.1) is 12.8 Å². The molecule has 0 aliphatic carbocycles. The van der Waals surface area contributed by atoms with Crippen molar-refractivity contribution in [1.82, 2.24) is 14.7 Å². The quantitative estimate of drug-likeness (QED) is 0.928. The van der Waals surface area contributed by atoms with Gasteiger partial charge in [0.25, 0.3) is 5.91 Å². The third-order valence-corrected chi connectivity index (χ3v) is 4.85. The number of carbonyl (C=O) groups excluding carboxylic acids is 1. The maximum absolute atomic E-state index is 12.7. The van der Waals surface area contributed by atoms with Crippen molar-refractivity contribution in [3.05, 3.63) is 52.3 Å². The Kier molecular flexibility index (Phi) is 4.92. The number of likely N-dealkylation sites (tertiary alicyclic amines) is 1. The van der Waals surface area contributed by atoms with Gasteiger partial charge in [-0.1, -0.05) is 30.7 Å². The van der Waals surface area contributed by atoms with Gasteiger partial charge in [-0.15, -0.1) is 0 Å². The lowest BCUT2D eigenvalue weighted by atomic mass is 9.95. The normalized spacial score (nSPS) is 21.1. The number of amides is 1. The van der Waals surface area contributed by atoms with Crippen LogP contribution in [-0.2, 0) is 6.54 Å². The van der Waals surface area contributed by atoms with E-state index < -0.39 is 6.10 Å². The Morgan fingerprint density at radius 3 is 2.96 bits per heavy atom. The second-order valence-electron chi connectivity index (χ2n) is 6.54. The van der Waals surface area contributed by atoms with Gasteiger partial charge in [0.1, 0.15) is 0 Å². The van der Waals surface area contributed by atoms with E-state index >= 15 is 0 Å². The molecule has 0 radical (unpaired) electrons. The topological polar surface area (TPSA) is 58.4 Å². The lowest BCUT2D eigenvalue weighted by molar-refractivity contribution is 0.0248. The highest BCUT2D eigenvalue weighted by Crippen LogP contribution is 2.20. The lowest BCUT2D eigenvalue weighted by Crippen LogP contribution is -2.45. The van der Waals surface area contributed by atoms with Gasteiger partial charge in [-0.2, -0.15) is 5.10 Å². The van der Waals surface area contributed by atoms with Crippen molar-refractivity contribution < 1.29 is 9.90 Å². The van der Waals surface area contributed by atoms with Gasteiger partial charge in [-0.3, -0.25) is 9.48 Å². The number of aliphatic hydroxyl groups excluding tert-OH is 1. The first-order valence-electron chi connectivity index (χ1n) is 8.20. The van der Waals surface area contributed by atoms with Crippen molar-refractivity contribution in [3.63, 3.8) is 0 Å². The molecule has 2 unspecified atom stereocenters. The SMILES string of the molecule is Cc1nn(Cc2cccc(Cl)c2)cc1C(=O)N1CCC(C)C(O)C1. The van der Waals surface area contributed by atoms with E-state index in [0.29, 0.717) is 35.9 Å². The predicted molar refractivity (Wildman–Crippen MR) is 93.2 cm³/mol. The van der Waals surface area contributed by atoms with Crippen molar-refractivity contribution in [2.24, 2.45) is 5.92 Å². The summed E-state index contributed by atoms with van der Waals surface area (Å²) in [6.45, 7) is 5.48. The molecule has 1 fully saturated rings. The summed E-state index contributed by atoms with van der Waals surface area (Å²) in [6.07, 6.45) is 2.15. The van der Waals surface area contributed by atoms with Crippen LogP contribution in [0.2, 0.25) is 5.02 Å². The van der Waals surface area contributed by atoms with Crippen LogP contribution in [0.4, 0.5) is 0 Å². The van der Waals surface area contributed by atoms with E-state index in [9.17, 15) is 9.90 Å².